The number of rotatable bonds is 5. The summed E-state index contributed by atoms with van der Waals surface area (Å²) in [7, 11) is -1.25. The second-order valence-corrected chi connectivity index (χ2v) is 15.0. The molecule has 0 heterocycles. The van der Waals surface area contributed by atoms with Gasteiger partial charge in [0.25, 0.3) is 0 Å². The molecule has 0 radical (unpaired) electrons. The van der Waals surface area contributed by atoms with Gasteiger partial charge in [0.1, 0.15) is 0 Å². The topological polar surface area (TPSA) is 12.4 Å². The van der Waals surface area contributed by atoms with Crippen LogP contribution in [-0.2, 0) is 21.7 Å². The zero-order valence-corrected chi connectivity index (χ0v) is 25.3. The van der Waals surface area contributed by atoms with Gasteiger partial charge >= 0.3 is 0 Å². The molecule has 0 aromatic carbocycles. The maximum atomic E-state index is 5.89. The Morgan fingerprint density at radius 2 is 1.09 bits per heavy atom. The van der Waals surface area contributed by atoms with Crippen LogP contribution in [-0.4, -0.2) is 17.0 Å². The predicted molar refractivity (Wildman–Crippen MR) is 151 cm³/mol. The van der Waals surface area contributed by atoms with Crippen molar-refractivity contribution < 1.29 is 21.7 Å². The van der Waals surface area contributed by atoms with Crippen LogP contribution >= 0.6 is 7.05 Å². The normalized spacial score (nSPS) is 23.6. The molecule has 0 amide bonds. The molecule has 1 nitrogen and oxygen atoms in total. The fraction of sp³-hybridized carbons (Fsp3) is 0.742. The molecule has 0 aromatic heterocycles. The molecule has 0 saturated heterocycles. The fourth-order valence-electron chi connectivity index (χ4n) is 6.81. The van der Waals surface area contributed by atoms with Crippen molar-refractivity contribution in [3.8, 4) is 0 Å². The number of hydrogen-bond acceptors (Lipinski definition) is 1. The van der Waals surface area contributed by atoms with Gasteiger partial charge in [-0.05, 0) is 96.3 Å². The van der Waals surface area contributed by atoms with Gasteiger partial charge in [0.15, 0.2) is 0 Å². The zero-order chi connectivity index (χ0) is 23.5. The van der Waals surface area contributed by atoms with E-state index in [0.29, 0.717) is 0 Å². The second kappa shape index (κ2) is 15.9. The standard InChI is InChI=1S/C23H38NP.C8H14.Ti/c1-4-14-21(15-5-1)25(22-16-6-2-7-17-22,23-18-8-3-9-19-23)24-20-12-10-11-13-20;1-5-7(3)8(4)6-2;/h10-12,21-23H,1-9,13-19H2;5-6H,1-4H3;. The first kappa shape index (κ1) is 30.1. The van der Waals surface area contributed by atoms with Crippen LogP contribution in [0.2, 0.25) is 0 Å². The van der Waals surface area contributed by atoms with E-state index in [1.165, 1.54) is 113 Å². The van der Waals surface area contributed by atoms with Gasteiger partial charge in [0.2, 0.25) is 0 Å². The SMILES string of the molecule is C1=CCC(N=P(C2CCCCC2)(C2CCCCC2)C2CCCCC2)=C1.CC=C(C)C(C)=CC.[Ti]. The Bertz CT molecular complexity index is 701. The average molecular weight is 518 g/mol. The molecule has 0 N–H and O–H groups in total. The Morgan fingerprint density at radius 3 is 1.38 bits per heavy atom. The van der Waals surface area contributed by atoms with Crippen molar-refractivity contribution in [2.24, 2.45) is 4.74 Å². The minimum absolute atomic E-state index is 0. The molecule has 34 heavy (non-hydrogen) atoms. The van der Waals surface area contributed by atoms with Crippen molar-refractivity contribution in [3.63, 3.8) is 0 Å². The molecular formula is C31H52NPTi. The first-order chi connectivity index (χ1) is 16.1. The van der Waals surface area contributed by atoms with Gasteiger partial charge in [0, 0.05) is 33.8 Å². The Hall–Kier alpha value is -0.0957. The summed E-state index contributed by atoms with van der Waals surface area (Å²) in [6, 6.07) is 0. The Balaban J connectivity index is 0.000000394. The van der Waals surface area contributed by atoms with Crippen LogP contribution < -0.4 is 0 Å². The molecule has 0 unspecified atom stereocenters. The maximum absolute atomic E-state index is 5.89. The molecule has 190 valence electrons. The molecule has 0 atom stereocenters. The predicted octanol–water partition coefficient (Wildman–Crippen LogP) is 10.9. The van der Waals surface area contributed by atoms with E-state index in [-0.39, 0.29) is 21.7 Å². The molecule has 3 saturated carbocycles. The monoisotopic (exact) mass is 517 g/mol. The quantitative estimate of drug-likeness (QED) is 0.195. The van der Waals surface area contributed by atoms with Gasteiger partial charge in [0.05, 0.1) is 0 Å². The van der Waals surface area contributed by atoms with Crippen LogP contribution in [0.4, 0.5) is 0 Å². The molecule has 4 aliphatic rings. The van der Waals surface area contributed by atoms with Gasteiger partial charge in [-0.3, -0.25) is 4.74 Å². The summed E-state index contributed by atoms with van der Waals surface area (Å²) in [5.41, 5.74) is 7.13. The number of hydrogen-bond donors (Lipinski definition) is 0. The molecule has 0 aromatic rings. The smallest absolute Gasteiger partial charge is 0.0425 e. The van der Waals surface area contributed by atoms with Crippen molar-refractivity contribution in [1.82, 2.24) is 0 Å². The summed E-state index contributed by atoms with van der Waals surface area (Å²) in [5.74, 6) is 0. The van der Waals surface area contributed by atoms with Crippen LogP contribution in [0.5, 0.6) is 0 Å². The molecular weight excluding hydrogens is 465 g/mol. The zero-order valence-electron chi connectivity index (χ0n) is 22.8. The van der Waals surface area contributed by atoms with Gasteiger partial charge < -0.3 is 0 Å². The van der Waals surface area contributed by atoms with Crippen LogP contribution in [0.3, 0.4) is 0 Å². The van der Waals surface area contributed by atoms with E-state index < -0.39 is 7.05 Å². The minimum Gasteiger partial charge on any atom is -0.271 e. The van der Waals surface area contributed by atoms with E-state index in [1.807, 2.05) is 0 Å². The molecule has 4 aliphatic carbocycles. The largest absolute Gasteiger partial charge is 0.271 e. The second-order valence-electron chi connectivity index (χ2n) is 11.0. The summed E-state index contributed by atoms with van der Waals surface area (Å²) in [6.07, 6.45) is 34.7. The molecule has 0 bridgehead atoms. The van der Waals surface area contributed by atoms with E-state index in [1.54, 1.807) is 0 Å². The van der Waals surface area contributed by atoms with Gasteiger partial charge in [-0.1, -0.05) is 93.2 Å². The fourth-order valence-corrected chi connectivity index (χ4v) is 13.3. The van der Waals surface area contributed by atoms with Gasteiger partial charge in [-0.15, -0.1) is 0 Å². The van der Waals surface area contributed by atoms with E-state index in [9.17, 15) is 0 Å². The molecule has 0 spiro atoms. The first-order valence-corrected chi connectivity index (χ1v) is 16.3. The third kappa shape index (κ3) is 7.95. The molecule has 4 rings (SSSR count). The summed E-state index contributed by atoms with van der Waals surface area (Å²) >= 11 is 0. The first-order valence-electron chi connectivity index (χ1n) is 14.3. The third-order valence-electron chi connectivity index (χ3n) is 9.02. The Kier molecular flexibility index (Phi) is 14.1. The Morgan fingerprint density at radius 1 is 0.706 bits per heavy atom. The van der Waals surface area contributed by atoms with Crippen LogP contribution in [0.1, 0.15) is 130 Å². The summed E-state index contributed by atoms with van der Waals surface area (Å²) in [4.78, 5) is 0. The third-order valence-corrected chi connectivity index (χ3v) is 14.7. The van der Waals surface area contributed by atoms with Crippen LogP contribution in [0.15, 0.2) is 52.0 Å². The molecule has 3 fully saturated rings. The van der Waals surface area contributed by atoms with Crippen molar-refractivity contribution in [2.45, 2.75) is 147 Å². The summed E-state index contributed by atoms with van der Waals surface area (Å²) in [6.45, 7) is 8.36. The van der Waals surface area contributed by atoms with E-state index in [2.05, 4.69) is 58.1 Å². The number of nitrogens with zero attached hydrogens (tertiary/aromatic N) is 1. The summed E-state index contributed by atoms with van der Waals surface area (Å²) in [5, 5.41) is 0. The van der Waals surface area contributed by atoms with Crippen molar-refractivity contribution in [2.75, 3.05) is 0 Å². The van der Waals surface area contributed by atoms with E-state index >= 15 is 0 Å². The van der Waals surface area contributed by atoms with Gasteiger partial charge in [-0.25, -0.2) is 0 Å². The van der Waals surface area contributed by atoms with Crippen LogP contribution in [0.25, 0.3) is 0 Å². The number of allylic oxidation sites excluding steroid dienone is 7. The molecule has 0 aliphatic heterocycles. The maximum Gasteiger partial charge on any atom is 0.0425 e. The molecule has 3 heteroatoms. The van der Waals surface area contributed by atoms with Crippen molar-refractivity contribution in [1.29, 1.82) is 0 Å². The van der Waals surface area contributed by atoms with Crippen LogP contribution in [0, 0.1) is 0 Å². The van der Waals surface area contributed by atoms with E-state index in [4.69, 9.17) is 4.74 Å². The summed E-state index contributed by atoms with van der Waals surface area (Å²) < 4.78 is 5.89. The van der Waals surface area contributed by atoms with Crippen molar-refractivity contribution >= 4 is 7.05 Å². The average Bonchev–Trinajstić information content (AvgIpc) is 3.41. The minimum atomic E-state index is -1.25. The Labute approximate surface area is 227 Å². The van der Waals surface area contributed by atoms with Gasteiger partial charge in [-0.2, -0.15) is 0 Å². The van der Waals surface area contributed by atoms with E-state index in [0.717, 1.165) is 23.4 Å². The van der Waals surface area contributed by atoms with Crippen molar-refractivity contribution in [3.05, 3.63) is 47.2 Å².